The third-order valence-corrected chi connectivity index (χ3v) is 5.14. The molecule has 3 aromatic rings. The minimum absolute atomic E-state index is 0. The summed E-state index contributed by atoms with van der Waals surface area (Å²) in [6.45, 7) is 6.03. The van der Waals surface area contributed by atoms with E-state index in [-0.39, 0.29) is 24.0 Å². The van der Waals surface area contributed by atoms with Crippen LogP contribution in [0.3, 0.4) is 0 Å². The Morgan fingerprint density at radius 3 is 2.38 bits per heavy atom. The fourth-order valence-corrected chi connectivity index (χ4v) is 3.54. The van der Waals surface area contributed by atoms with Gasteiger partial charge in [-0.1, -0.05) is 24.3 Å². The summed E-state index contributed by atoms with van der Waals surface area (Å²) in [4.78, 5) is 4.70. The van der Waals surface area contributed by atoms with Crippen molar-refractivity contribution in [1.29, 1.82) is 0 Å². The van der Waals surface area contributed by atoms with Gasteiger partial charge in [-0.05, 0) is 32.4 Å². The molecule has 0 aliphatic rings. The summed E-state index contributed by atoms with van der Waals surface area (Å²) >= 11 is 0. The van der Waals surface area contributed by atoms with Gasteiger partial charge >= 0.3 is 0 Å². The molecular formula is C24H32IN3O4. The van der Waals surface area contributed by atoms with Crippen molar-refractivity contribution in [1.82, 2.24) is 10.6 Å². The van der Waals surface area contributed by atoms with Crippen LogP contribution in [0.1, 0.15) is 23.8 Å². The lowest BCUT2D eigenvalue weighted by Crippen LogP contribution is -2.38. The molecule has 0 aliphatic carbocycles. The lowest BCUT2D eigenvalue weighted by Gasteiger charge is -2.16. The molecule has 2 N–H and O–H groups in total. The van der Waals surface area contributed by atoms with Gasteiger partial charge in [0.15, 0.2) is 17.5 Å². The highest BCUT2D eigenvalue weighted by Crippen LogP contribution is 2.39. The number of furan rings is 1. The topological polar surface area (TPSA) is 77.3 Å². The van der Waals surface area contributed by atoms with Crippen LogP contribution in [-0.2, 0) is 13.0 Å². The van der Waals surface area contributed by atoms with E-state index in [1.807, 2.05) is 37.3 Å². The van der Waals surface area contributed by atoms with Crippen LogP contribution in [0, 0.1) is 6.92 Å². The van der Waals surface area contributed by atoms with Gasteiger partial charge in [-0.3, -0.25) is 0 Å². The number of hydrogen-bond donors (Lipinski definition) is 2. The van der Waals surface area contributed by atoms with Crippen LogP contribution in [0.4, 0.5) is 0 Å². The van der Waals surface area contributed by atoms with Gasteiger partial charge in [0.2, 0.25) is 5.75 Å². The first-order chi connectivity index (χ1) is 15.1. The van der Waals surface area contributed by atoms with E-state index in [2.05, 4.69) is 23.6 Å². The van der Waals surface area contributed by atoms with E-state index in [1.54, 1.807) is 21.3 Å². The van der Waals surface area contributed by atoms with E-state index in [4.69, 9.17) is 23.6 Å². The normalized spacial score (nSPS) is 11.1. The second-order valence-electron chi connectivity index (χ2n) is 7.01. The summed E-state index contributed by atoms with van der Waals surface area (Å²) < 4.78 is 22.4. The number of aryl methyl sites for hydroxylation is 1. The fourth-order valence-electron chi connectivity index (χ4n) is 3.54. The number of benzene rings is 2. The average molecular weight is 553 g/mol. The van der Waals surface area contributed by atoms with Crippen LogP contribution >= 0.6 is 24.0 Å². The van der Waals surface area contributed by atoms with E-state index in [0.29, 0.717) is 30.3 Å². The maximum Gasteiger partial charge on any atom is 0.203 e. The van der Waals surface area contributed by atoms with Crippen molar-refractivity contribution < 1.29 is 18.6 Å². The molecule has 7 nitrogen and oxygen atoms in total. The summed E-state index contributed by atoms with van der Waals surface area (Å²) in [6, 6.07) is 11.9. The quantitative estimate of drug-likeness (QED) is 0.228. The molecule has 1 heterocycles. The number of rotatable bonds is 9. The Morgan fingerprint density at radius 2 is 1.72 bits per heavy atom. The molecule has 1 aromatic heterocycles. The second kappa shape index (κ2) is 12.4. The number of ether oxygens (including phenoxy) is 3. The third-order valence-electron chi connectivity index (χ3n) is 5.14. The van der Waals surface area contributed by atoms with Crippen LogP contribution in [0.2, 0.25) is 0 Å². The monoisotopic (exact) mass is 553 g/mol. The zero-order valence-corrected chi connectivity index (χ0v) is 21.6. The largest absolute Gasteiger partial charge is 0.493 e. The van der Waals surface area contributed by atoms with E-state index in [9.17, 15) is 0 Å². The molecule has 0 radical (unpaired) electrons. The maximum atomic E-state index is 5.97. The number of aliphatic imine (C=N–C) groups is 1. The van der Waals surface area contributed by atoms with Gasteiger partial charge in [-0.2, -0.15) is 0 Å². The number of nitrogens with zero attached hydrogens (tertiary/aromatic N) is 1. The summed E-state index contributed by atoms with van der Waals surface area (Å²) in [6.07, 6.45) is 0.734. The Hall–Kier alpha value is -2.62. The van der Waals surface area contributed by atoms with Crippen LogP contribution in [0.25, 0.3) is 11.0 Å². The number of hydrogen-bond acceptors (Lipinski definition) is 5. The van der Waals surface area contributed by atoms with E-state index in [0.717, 1.165) is 46.8 Å². The standard InChI is InChI=1S/C24H31N3O4.HI/c1-6-25-24(27-15-21-16(2)18-9-7-8-10-19(18)31-21)26-14-13-17-11-12-20(28-3)23(30-5)22(17)29-4;/h7-12H,6,13-15H2,1-5H3,(H2,25,26,27);1H. The van der Waals surface area contributed by atoms with Crippen LogP contribution < -0.4 is 24.8 Å². The van der Waals surface area contributed by atoms with E-state index in [1.165, 1.54) is 0 Å². The minimum atomic E-state index is 0. The molecule has 0 bridgehead atoms. The molecular weight excluding hydrogens is 521 g/mol. The lowest BCUT2D eigenvalue weighted by molar-refractivity contribution is 0.322. The molecule has 8 heteroatoms. The van der Waals surface area contributed by atoms with Crippen LogP contribution in [0.5, 0.6) is 17.2 Å². The van der Waals surface area contributed by atoms with Crippen LogP contribution in [0.15, 0.2) is 45.8 Å². The third kappa shape index (κ3) is 5.79. The summed E-state index contributed by atoms with van der Waals surface area (Å²) in [5.41, 5.74) is 3.05. The molecule has 0 atom stereocenters. The molecule has 2 aromatic carbocycles. The number of halogens is 1. The fraction of sp³-hybridized carbons (Fsp3) is 0.375. The number of methoxy groups -OCH3 is 3. The Labute approximate surface area is 206 Å². The van der Waals surface area contributed by atoms with Crippen molar-refractivity contribution in [2.24, 2.45) is 4.99 Å². The Bertz CT molecular complexity index is 1050. The van der Waals surface area contributed by atoms with E-state index < -0.39 is 0 Å². The predicted octanol–water partition coefficient (Wildman–Crippen LogP) is 4.68. The smallest absolute Gasteiger partial charge is 0.203 e. The van der Waals surface area contributed by atoms with Crippen molar-refractivity contribution >= 4 is 40.9 Å². The van der Waals surface area contributed by atoms with Gasteiger partial charge in [-0.15, -0.1) is 24.0 Å². The van der Waals surface area contributed by atoms with E-state index >= 15 is 0 Å². The van der Waals surface area contributed by atoms with Crippen LogP contribution in [-0.4, -0.2) is 40.4 Å². The second-order valence-corrected chi connectivity index (χ2v) is 7.01. The number of nitrogens with one attached hydrogen (secondary N) is 2. The Kier molecular flexibility index (Phi) is 9.96. The van der Waals surface area contributed by atoms with Gasteiger partial charge < -0.3 is 29.3 Å². The lowest BCUT2D eigenvalue weighted by atomic mass is 10.1. The summed E-state index contributed by atoms with van der Waals surface area (Å²) in [5.74, 6) is 3.54. The molecule has 0 amide bonds. The van der Waals surface area contributed by atoms with Crippen molar-refractivity contribution in [3.05, 3.63) is 53.3 Å². The van der Waals surface area contributed by atoms with Gasteiger partial charge in [0.05, 0.1) is 21.3 Å². The van der Waals surface area contributed by atoms with Gasteiger partial charge in [-0.25, -0.2) is 4.99 Å². The van der Waals surface area contributed by atoms with Gasteiger partial charge in [0.25, 0.3) is 0 Å². The number of fused-ring (bicyclic) bond motifs is 1. The van der Waals surface area contributed by atoms with Crippen molar-refractivity contribution in [3.63, 3.8) is 0 Å². The molecule has 3 rings (SSSR count). The van der Waals surface area contributed by atoms with Crippen molar-refractivity contribution in [2.45, 2.75) is 26.8 Å². The molecule has 174 valence electrons. The Balaban J connectivity index is 0.00000363. The maximum absolute atomic E-state index is 5.97. The zero-order chi connectivity index (χ0) is 22.2. The highest BCUT2D eigenvalue weighted by Gasteiger charge is 2.15. The SMILES string of the molecule is CCNC(=NCc1oc2ccccc2c1C)NCCc1ccc(OC)c(OC)c1OC.I. The first kappa shape index (κ1) is 25.6. The van der Waals surface area contributed by atoms with Crippen molar-refractivity contribution in [2.75, 3.05) is 34.4 Å². The number of para-hydroxylation sites is 1. The number of guanidine groups is 1. The molecule has 0 unspecified atom stereocenters. The molecule has 0 fully saturated rings. The highest BCUT2D eigenvalue weighted by atomic mass is 127. The van der Waals surface area contributed by atoms with Gasteiger partial charge in [0, 0.05) is 29.6 Å². The first-order valence-electron chi connectivity index (χ1n) is 10.4. The molecule has 0 aliphatic heterocycles. The van der Waals surface area contributed by atoms with Crippen molar-refractivity contribution in [3.8, 4) is 17.2 Å². The predicted molar refractivity (Wildman–Crippen MR) is 139 cm³/mol. The van der Waals surface area contributed by atoms with Gasteiger partial charge in [0.1, 0.15) is 17.9 Å². The summed E-state index contributed by atoms with van der Waals surface area (Å²) in [5, 5.41) is 7.79. The zero-order valence-electron chi connectivity index (χ0n) is 19.3. The minimum Gasteiger partial charge on any atom is -0.493 e. The summed E-state index contributed by atoms with van der Waals surface area (Å²) in [7, 11) is 4.86. The molecule has 0 spiro atoms. The average Bonchev–Trinajstić information content (AvgIpc) is 3.12. The molecule has 0 saturated heterocycles. The highest BCUT2D eigenvalue weighted by molar-refractivity contribution is 14.0. The molecule has 32 heavy (non-hydrogen) atoms. The first-order valence-corrected chi connectivity index (χ1v) is 10.4. The molecule has 0 saturated carbocycles. The Morgan fingerprint density at radius 1 is 0.969 bits per heavy atom.